The van der Waals surface area contributed by atoms with E-state index < -0.39 is 35.1 Å². The van der Waals surface area contributed by atoms with Gasteiger partial charge >= 0.3 is 12.5 Å². The molecule has 7 nitrogen and oxygen atoms in total. The number of aryl methyl sites for hydroxylation is 1. The number of rotatable bonds is 8. The lowest BCUT2D eigenvalue weighted by Gasteiger charge is -2.13. The molecule has 1 atom stereocenters. The van der Waals surface area contributed by atoms with E-state index in [2.05, 4.69) is 14.7 Å². The second-order valence-corrected chi connectivity index (χ2v) is 10.3. The average molecular weight is 622 g/mol. The molecule has 5 rings (SSSR count). The molecule has 14 heteroatoms. The normalized spacial score (nSPS) is 12.8. The van der Waals surface area contributed by atoms with Gasteiger partial charge in [-0.1, -0.05) is 25.1 Å². The van der Waals surface area contributed by atoms with Crippen LogP contribution in [0.1, 0.15) is 24.9 Å². The number of hydrogen-bond donors (Lipinski definition) is 1. The fourth-order valence-electron chi connectivity index (χ4n) is 4.39. The van der Waals surface area contributed by atoms with Crippen molar-refractivity contribution in [2.24, 2.45) is 0 Å². The monoisotopic (exact) mass is 621 g/mol. The predicted molar refractivity (Wildman–Crippen MR) is 145 cm³/mol. The zero-order valence-corrected chi connectivity index (χ0v) is 22.9. The van der Waals surface area contributed by atoms with E-state index in [1.807, 2.05) is 6.92 Å². The molecular weight excluding hydrogens is 600 g/mol. The van der Waals surface area contributed by atoms with E-state index >= 15 is 0 Å². The summed E-state index contributed by atoms with van der Waals surface area (Å²) in [5.74, 6) is 0.0218. The van der Waals surface area contributed by atoms with E-state index in [0.717, 1.165) is 24.7 Å². The molecule has 0 saturated heterocycles. The van der Waals surface area contributed by atoms with Crippen molar-refractivity contribution >= 4 is 11.1 Å². The summed E-state index contributed by atoms with van der Waals surface area (Å²) in [4.78, 5) is 8.26. The minimum Gasteiger partial charge on any atom is -0.440 e. The maximum atomic E-state index is 13.4. The van der Waals surface area contributed by atoms with Crippen LogP contribution < -0.4 is 4.74 Å². The highest BCUT2D eigenvalue weighted by molar-refractivity contribution is 7.79. The lowest BCUT2D eigenvalue weighted by atomic mass is 9.98. The number of oxazole rings is 1. The second-order valence-electron chi connectivity index (χ2n) is 9.28. The summed E-state index contributed by atoms with van der Waals surface area (Å²) in [6.45, 7) is 1.89. The lowest BCUT2D eigenvalue weighted by molar-refractivity contribution is -0.274. The number of nitrogens with zero attached hydrogens (tertiary/aromatic N) is 3. The van der Waals surface area contributed by atoms with Gasteiger partial charge in [-0.25, -0.2) is 14.2 Å². The molecule has 0 aliphatic carbocycles. The van der Waals surface area contributed by atoms with Gasteiger partial charge in [-0.3, -0.25) is 0 Å². The summed E-state index contributed by atoms with van der Waals surface area (Å²) in [7, 11) is 0. The van der Waals surface area contributed by atoms with Gasteiger partial charge in [0.15, 0.2) is 28.4 Å². The first-order chi connectivity index (χ1) is 20.3. The number of imidazole rings is 1. The largest absolute Gasteiger partial charge is 0.573 e. The van der Waals surface area contributed by atoms with Crippen LogP contribution in [-0.2, 0) is 23.7 Å². The molecule has 0 bridgehead atoms. The zero-order chi connectivity index (χ0) is 30.9. The highest BCUT2D eigenvalue weighted by Crippen LogP contribution is 2.40. The van der Waals surface area contributed by atoms with Crippen LogP contribution >= 0.6 is 0 Å². The molecule has 5 aromatic rings. The quantitative estimate of drug-likeness (QED) is 0.138. The van der Waals surface area contributed by atoms with Gasteiger partial charge in [0.25, 0.3) is 0 Å². The van der Waals surface area contributed by atoms with Crippen molar-refractivity contribution in [2.75, 3.05) is 0 Å². The highest BCUT2D eigenvalue weighted by Gasteiger charge is 2.34. The second kappa shape index (κ2) is 11.7. The third kappa shape index (κ3) is 6.81. The molecule has 224 valence electrons. The van der Waals surface area contributed by atoms with Crippen molar-refractivity contribution in [2.45, 2.75) is 37.2 Å². The van der Waals surface area contributed by atoms with Gasteiger partial charge in [0.2, 0.25) is 0 Å². The number of hydrogen-bond acceptors (Lipinski definition) is 5. The van der Waals surface area contributed by atoms with E-state index in [0.29, 0.717) is 41.0 Å². The first-order valence-corrected chi connectivity index (χ1v) is 13.8. The lowest BCUT2D eigenvalue weighted by Crippen LogP contribution is -2.16. The Bertz CT molecular complexity index is 1780. The van der Waals surface area contributed by atoms with E-state index in [9.17, 15) is 35.1 Å². The molecule has 0 aliphatic rings. The maximum Gasteiger partial charge on any atom is 0.573 e. The van der Waals surface area contributed by atoms with Crippen molar-refractivity contribution in [3.8, 4) is 45.1 Å². The SMILES string of the molecule is CCCc1nc(-c2cc(-c3cccc(S(=O)O)c3)ccc2-n2cnc(C(F)(F)F)c2)c(-c2ccc(OC(F)(F)F)cc2)o1. The summed E-state index contributed by atoms with van der Waals surface area (Å²) in [6.07, 6.45) is -6.70. The van der Waals surface area contributed by atoms with Gasteiger partial charge < -0.3 is 18.3 Å². The van der Waals surface area contributed by atoms with Crippen LogP contribution in [0.2, 0.25) is 0 Å². The van der Waals surface area contributed by atoms with Crippen LogP contribution in [0.4, 0.5) is 26.3 Å². The van der Waals surface area contributed by atoms with E-state index in [-0.39, 0.29) is 22.0 Å². The van der Waals surface area contributed by atoms with Crippen molar-refractivity contribution in [3.63, 3.8) is 0 Å². The molecule has 0 aliphatic heterocycles. The molecule has 0 amide bonds. The minimum atomic E-state index is -4.89. The van der Waals surface area contributed by atoms with Gasteiger partial charge in [0, 0.05) is 23.7 Å². The van der Waals surface area contributed by atoms with Gasteiger partial charge in [-0.2, -0.15) is 13.2 Å². The van der Waals surface area contributed by atoms with Crippen molar-refractivity contribution in [1.82, 2.24) is 14.5 Å². The van der Waals surface area contributed by atoms with Crippen LogP contribution in [0.25, 0.3) is 39.4 Å². The summed E-state index contributed by atoms with van der Waals surface area (Å²) in [5, 5.41) is 0. The van der Waals surface area contributed by atoms with Gasteiger partial charge in [0.1, 0.15) is 11.4 Å². The Morgan fingerprint density at radius 3 is 2.28 bits per heavy atom. The molecule has 1 N–H and O–H groups in total. The third-order valence-electron chi connectivity index (χ3n) is 6.26. The Balaban J connectivity index is 1.71. The molecule has 3 aromatic carbocycles. The maximum absolute atomic E-state index is 13.4. The fraction of sp³-hybridized carbons (Fsp3) is 0.172. The molecule has 1 unspecified atom stereocenters. The molecule has 0 spiro atoms. The Labute approximate surface area is 243 Å². The van der Waals surface area contributed by atoms with Crippen LogP contribution in [-0.4, -0.2) is 29.7 Å². The number of halogens is 6. The molecule has 0 saturated carbocycles. The summed E-state index contributed by atoms with van der Waals surface area (Å²) in [5.41, 5.74) is 1.10. The third-order valence-corrected chi connectivity index (χ3v) is 6.91. The molecule has 0 fully saturated rings. The summed E-state index contributed by atoms with van der Waals surface area (Å²) >= 11 is -2.26. The van der Waals surface area contributed by atoms with Crippen LogP contribution in [0, 0.1) is 0 Å². The van der Waals surface area contributed by atoms with Crippen molar-refractivity contribution in [3.05, 3.63) is 90.8 Å². The minimum absolute atomic E-state index is 0.140. The Kier molecular flexibility index (Phi) is 8.16. The Hall–Kier alpha value is -4.43. The first-order valence-electron chi connectivity index (χ1n) is 12.7. The molecule has 43 heavy (non-hydrogen) atoms. The van der Waals surface area contributed by atoms with Crippen LogP contribution in [0.5, 0.6) is 5.75 Å². The van der Waals surface area contributed by atoms with Gasteiger partial charge in [0.05, 0.1) is 16.9 Å². The fourth-order valence-corrected chi connectivity index (χ4v) is 4.81. The average Bonchev–Trinajstić information content (AvgIpc) is 3.61. The standard InChI is InChI=1S/C29H21F6N3O4S/c1-2-4-25-37-26(27(41-25)17-7-10-20(11-8-17)42-29(33,34)35)22-14-19(18-5-3-6-21(13-18)43(39)40)9-12-23(22)38-15-24(36-16-38)28(30,31)32/h3,5-16H,2,4H2,1H3,(H,39,40). The number of alkyl halides is 6. The number of benzene rings is 3. The van der Waals surface area contributed by atoms with Gasteiger partial charge in [-0.05, 0) is 66.1 Å². The van der Waals surface area contributed by atoms with Gasteiger partial charge in [-0.15, -0.1) is 13.2 Å². The molecular formula is C29H21F6N3O4S. The van der Waals surface area contributed by atoms with Crippen molar-refractivity contribution in [1.29, 1.82) is 0 Å². The first kappa shape index (κ1) is 30.0. The Morgan fingerprint density at radius 2 is 1.65 bits per heavy atom. The molecule has 0 radical (unpaired) electrons. The summed E-state index contributed by atoms with van der Waals surface area (Å²) in [6, 6.07) is 16.0. The Morgan fingerprint density at radius 1 is 0.953 bits per heavy atom. The molecule has 2 aromatic heterocycles. The predicted octanol–water partition coefficient (Wildman–Crippen LogP) is 8.31. The van der Waals surface area contributed by atoms with E-state index in [1.165, 1.54) is 28.8 Å². The van der Waals surface area contributed by atoms with E-state index in [1.54, 1.807) is 30.3 Å². The van der Waals surface area contributed by atoms with Crippen LogP contribution in [0.3, 0.4) is 0 Å². The highest BCUT2D eigenvalue weighted by atomic mass is 32.2. The molecule has 2 heterocycles. The van der Waals surface area contributed by atoms with E-state index in [4.69, 9.17) is 4.42 Å². The summed E-state index contributed by atoms with van der Waals surface area (Å²) < 4.78 is 111. The zero-order valence-electron chi connectivity index (χ0n) is 22.1. The number of ether oxygens (including phenoxy) is 1. The topological polar surface area (TPSA) is 90.4 Å². The van der Waals surface area contributed by atoms with Crippen molar-refractivity contribution < 1.29 is 44.3 Å². The number of aromatic nitrogens is 3. The van der Waals surface area contributed by atoms with Crippen LogP contribution in [0.15, 0.2) is 88.6 Å². The smallest absolute Gasteiger partial charge is 0.440 e.